The summed E-state index contributed by atoms with van der Waals surface area (Å²) in [6.07, 6.45) is 5.47. The number of H-pyrrole nitrogens is 1. The molecule has 1 N–H and O–H groups in total. The second-order valence-electron chi connectivity index (χ2n) is 4.35. The van der Waals surface area contributed by atoms with E-state index < -0.39 is 0 Å². The van der Waals surface area contributed by atoms with Crippen LogP contribution < -0.4 is 0 Å². The van der Waals surface area contributed by atoms with Crippen LogP contribution in [0.25, 0.3) is 10.9 Å². The summed E-state index contributed by atoms with van der Waals surface area (Å²) in [6, 6.07) is 9.21. The maximum atomic E-state index is 12.3. The fraction of sp³-hybridized carbons (Fsp3) is 0.0667. The third-order valence-corrected chi connectivity index (χ3v) is 3.27. The fourth-order valence-corrected chi connectivity index (χ4v) is 2.33. The molecule has 3 rings (SSSR count). The number of pyridine rings is 1. The van der Waals surface area contributed by atoms with Crippen molar-refractivity contribution in [1.82, 2.24) is 9.97 Å². The van der Waals surface area contributed by atoms with Crippen molar-refractivity contribution in [1.29, 1.82) is 0 Å². The van der Waals surface area contributed by atoms with Gasteiger partial charge in [-0.1, -0.05) is 23.7 Å². The van der Waals surface area contributed by atoms with E-state index in [1.807, 2.05) is 24.3 Å². The lowest BCUT2D eigenvalue weighted by molar-refractivity contribution is 0.0994. The van der Waals surface area contributed by atoms with Gasteiger partial charge in [0, 0.05) is 46.5 Å². The summed E-state index contributed by atoms with van der Waals surface area (Å²) >= 11 is 5.92. The molecule has 0 aliphatic carbocycles. The lowest BCUT2D eigenvalue weighted by Gasteiger charge is -2.01. The number of nitrogens with zero attached hydrogens (tertiary/aromatic N) is 1. The van der Waals surface area contributed by atoms with Gasteiger partial charge in [0.1, 0.15) is 0 Å². The first-order chi connectivity index (χ1) is 9.24. The highest BCUT2D eigenvalue weighted by Crippen LogP contribution is 2.19. The Morgan fingerprint density at radius 3 is 3.05 bits per heavy atom. The largest absolute Gasteiger partial charge is 0.360 e. The molecule has 0 amide bonds. The molecule has 2 heterocycles. The quantitative estimate of drug-likeness (QED) is 0.739. The summed E-state index contributed by atoms with van der Waals surface area (Å²) in [5.74, 6) is 0.0570. The summed E-state index contributed by atoms with van der Waals surface area (Å²) in [5.41, 5.74) is 2.50. The standard InChI is InChI=1S/C15H11ClN2O/c16-11-3-1-2-10(6-11)7-15(19)13-9-18-14-4-5-17-8-12(13)14/h1-6,8-9,18H,7H2. The van der Waals surface area contributed by atoms with Gasteiger partial charge < -0.3 is 4.98 Å². The predicted molar refractivity (Wildman–Crippen MR) is 75.6 cm³/mol. The normalized spacial score (nSPS) is 10.8. The molecule has 3 aromatic rings. The monoisotopic (exact) mass is 270 g/mol. The molecule has 0 saturated carbocycles. The lowest BCUT2D eigenvalue weighted by atomic mass is 10.0. The van der Waals surface area contributed by atoms with Crippen molar-refractivity contribution in [3.05, 3.63) is 65.1 Å². The van der Waals surface area contributed by atoms with Crippen LogP contribution in [0.2, 0.25) is 5.02 Å². The first-order valence-corrected chi connectivity index (χ1v) is 6.30. The van der Waals surface area contributed by atoms with Gasteiger partial charge in [-0.3, -0.25) is 9.78 Å². The van der Waals surface area contributed by atoms with Crippen LogP contribution in [-0.2, 0) is 6.42 Å². The zero-order valence-corrected chi connectivity index (χ0v) is 10.8. The highest BCUT2D eigenvalue weighted by atomic mass is 35.5. The molecular formula is C15H11ClN2O. The van der Waals surface area contributed by atoms with Gasteiger partial charge in [-0.15, -0.1) is 0 Å². The average molecular weight is 271 g/mol. The van der Waals surface area contributed by atoms with Crippen molar-refractivity contribution in [3.63, 3.8) is 0 Å². The molecule has 2 aromatic heterocycles. The number of Topliss-reactive ketones (excluding diaryl/α,β-unsaturated/α-hetero) is 1. The topological polar surface area (TPSA) is 45.8 Å². The second kappa shape index (κ2) is 4.86. The minimum absolute atomic E-state index is 0.0570. The highest BCUT2D eigenvalue weighted by Gasteiger charge is 2.12. The molecule has 4 heteroatoms. The van der Waals surface area contributed by atoms with E-state index in [1.165, 1.54) is 0 Å². The Bertz CT molecular complexity index is 748. The average Bonchev–Trinajstić information content (AvgIpc) is 2.82. The van der Waals surface area contributed by atoms with E-state index in [0.29, 0.717) is 17.0 Å². The number of ketones is 1. The van der Waals surface area contributed by atoms with Crippen LogP contribution >= 0.6 is 11.6 Å². The van der Waals surface area contributed by atoms with E-state index in [2.05, 4.69) is 9.97 Å². The van der Waals surface area contributed by atoms with Crippen LogP contribution in [0.15, 0.2) is 48.9 Å². The molecule has 94 valence electrons. The highest BCUT2D eigenvalue weighted by molar-refractivity contribution is 6.30. The van der Waals surface area contributed by atoms with Gasteiger partial charge in [-0.05, 0) is 23.8 Å². The van der Waals surface area contributed by atoms with Gasteiger partial charge in [-0.25, -0.2) is 0 Å². The summed E-state index contributed by atoms with van der Waals surface area (Å²) < 4.78 is 0. The van der Waals surface area contributed by atoms with E-state index in [4.69, 9.17) is 11.6 Å². The molecule has 0 radical (unpaired) electrons. The fourth-order valence-electron chi connectivity index (χ4n) is 2.12. The van der Waals surface area contributed by atoms with Crippen molar-refractivity contribution in [2.45, 2.75) is 6.42 Å². The van der Waals surface area contributed by atoms with E-state index in [-0.39, 0.29) is 5.78 Å². The van der Waals surface area contributed by atoms with Crippen LogP contribution in [0.4, 0.5) is 0 Å². The smallest absolute Gasteiger partial charge is 0.169 e. The Balaban J connectivity index is 1.92. The number of hydrogen-bond donors (Lipinski definition) is 1. The summed E-state index contributed by atoms with van der Waals surface area (Å²) in [7, 11) is 0. The van der Waals surface area contributed by atoms with Crippen molar-refractivity contribution in [2.75, 3.05) is 0 Å². The van der Waals surface area contributed by atoms with Crippen LogP contribution in [-0.4, -0.2) is 15.8 Å². The Morgan fingerprint density at radius 1 is 1.32 bits per heavy atom. The number of rotatable bonds is 3. The molecule has 0 bridgehead atoms. The molecule has 0 saturated heterocycles. The van der Waals surface area contributed by atoms with Crippen LogP contribution in [0.5, 0.6) is 0 Å². The van der Waals surface area contributed by atoms with Crippen LogP contribution in [0, 0.1) is 0 Å². The van der Waals surface area contributed by atoms with E-state index in [1.54, 1.807) is 24.7 Å². The van der Waals surface area contributed by atoms with Gasteiger partial charge in [0.2, 0.25) is 0 Å². The number of aromatic amines is 1. The van der Waals surface area contributed by atoms with Crippen LogP contribution in [0.3, 0.4) is 0 Å². The van der Waals surface area contributed by atoms with Crippen molar-refractivity contribution < 1.29 is 4.79 Å². The SMILES string of the molecule is O=C(Cc1cccc(Cl)c1)c1c[nH]c2ccncc12. The van der Waals surface area contributed by atoms with Crippen molar-refractivity contribution in [2.24, 2.45) is 0 Å². The molecule has 0 unspecified atom stereocenters. The summed E-state index contributed by atoms with van der Waals surface area (Å²) in [5, 5.41) is 1.50. The maximum Gasteiger partial charge on any atom is 0.169 e. The van der Waals surface area contributed by atoms with Crippen molar-refractivity contribution >= 4 is 28.3 Å². The molecular weight excluding hydrogens is 260 g/mol. The first-order valence-electron chi connectivity index (χ1n) is 5.93. The van der Waals surface area contributed by atoms with Gasteiger partial charge >= 0.3 is 0 Å². The van der Waals surface area contributed by atoms with E-state index in [0.717, 1.165) is 16.5 Å². The molecule has 0 spiro atoms. The number of nitrogens with one attached hydrogen (secondary N) is 1. The first kappa shape index (κ1) is 11.9. The Labute approximate surface area is 115 Å². The number of hydrogen-bond acceptors (Lipinski definition) is 2. The van der Waals surface area contributed by atoms with E-state index in [9.17, 15) is 4.79 Å². The maximum absolute atomic E-state index is 12.3. The Morgan fingerprint density at radius 2 is 2.21 bits per heavy atom. The number of aromatic nitrogens is 2. The Hall–Kier alpha value is -2.13. The number of halogens is 1. The zero-order valence-electron chi connectivity index (χ0n) is 10.1. The van der Waals surface area contributed by atoms with Gasteiger partial charge in [-0.2, -0.15) is 0 Å². The molecule has 0 fully saturated rings. The summed E-state index contributed by atoms with van der Waals surface area (Å²) in [4.78, 5) is 19.4. The lowest BCUT2D eigenvalue weighted by Crippen LogP contribution is -2.02. The predicted octanol–water partition coefficient (Wildman–Crippen LogP) is 3.64. The summed E-state index contributed by atoms with van der Waals surface area (Å²) in [6.45, 7) is 0. The minimum atomic E-state index is 0.0570. The minimum Gasteiger partial charge on any atom is -0.360 e. The third-order valence-electron chi connectivity index (χ3n) is 3.04. The molecule has 0 aliphatic rings. The van der Waals surface area contributed by atoms with Crippen LogP contribution in [0.1, 0.15) is 15.9 Å². The third kappa shape index (κ3) is 2.37. The molecule has 3 nitrogen and oxygen atoms in total. The van der Waals surface area contributed by atoms with E-state index >= 15 is 0 Å². The van der Waals surface area contributed by atoms with Gasteiger partial charge in [0.05, 0.1) is 0 Å². The molecule has 0 aliphatic heterocycles. The second-order valence-corrected chi connectivity index (χ2v) is 4.79. The number of carbonyl (C=O) groups excluding carboxylic acids is 1. The number of benzene rings is 1. The molecule has 1 aromatic carbocycles. The van der Waals surface area contributed by atoms with Gasteiger partial charge in [0.15, 0.2) is 5.78 Å². The molecule has 0 atom stereocenters. The van der Waals surface area contributed by atoms with Gasteiger partial charge in [0.25, 0.3) is 0 Å². The number of carbonyl (C=O) groups is 1. The van der Waals surface area contributed by atoms with Crippen molar-refractivity contribution in [3.8, 4) is 0 Å². The Kier molecular flexibility index (Phi) is 3.05. The molecule has 19 heavy (non-hydrogen) atoms. The number of fused-ring (bicyclic) bond motifs is 1. The zero-order chi connectivity index (χ0) is 13.2.